The van der Waals surface area contributed by atoms with E-state index in [1.165, 1.54) is 11.8 Å². The second-order valence-corrected chi connectivity index (χ2v) is 3.84. The van der Waals surface area contributed by atoms with Crippen LogP contribution in [0.1, 0.15) is 17.9 Å². The largest absolute Gasteiger partial charge is 0.434 e. The van der Waals surface area contributed by atoms with Gasteiger partial charge < -0.3 is 10.1 Å². The summed E-state index contributed by atoms with van der Waals surface area (Å²) in [5.74, 6) is -0.0463. The molecule has 3 heteroatoms. The normalized spacial score (nSPS) is 24.0. The highest BCUT2D eigenvalue weighted by atomic mass is 16.5. The summed E-state index contributed by atoms with van der Waals surface area (Å²) >= 11 is 0. The molecule has 1 aromatic carbocycles. The van der Waals surface area contributed by atoms with Crippen LogP contribution in [0.4, 0.5) is 0 Å². The quantitative estimate of drug-likeness (QED) is 0.620. The summed E-state index contributed by atoms with van der Waals surface area (Å²) in [6, 6.07) is 9.80. The van der Waals surface area contributed by atoms with Crippen molar-refractivity contribution in [2.45, 2.75) is 18.4 Å². The lowest BCUT2D eigenvalue weighted by Gasteiger charge is -2.17. The average molecular weight is 217 g/mol. The molecule has 0 bridgehead atoms. The van der Waals surface area contributed by atoms with Crippen molar-refractivity contribution in [2.75, 3.05) is 6.54 Å². The number of rotatable bonds is 3. The molecule has 2 atom stereocenters. The van der Waals surface area contributed by atoms with Crippen molar-refractivity contribution in [1.82, 2.24) is 5.32 Å². The number of hydrogen-bond acceptors (Lipinski definition) is 3. The molecule has 0 spiro atoms. The predicted molar refractivity (Wildman–Crippen MR) is 61.9 cm³/mol. The van der Waals surface area contributed by atoms with Crippen LogP contribution >= 0.6 is 0 Å². The van der Waals surface area contributed by atoms with Crippen molar-refractivity contribution in [3.63, 3.8) is 0 Å². The minimum atomic E-state index is -0.250. The monoisotopic (exact) mass is 217 g/mol. The Hall–Kier alpha value is -1.61. The van der Waals surface area contributed by atoms with E-state index in [1.54, 1.807) is 0 Å². The van der Waals surface area contributed by atoms with Crippen LogP contribution in [-0.2, 0) is 9.53 Å². The van der Waals surface area contributed by atoms with E-state index in [1.807, 2.05) is 30.3 Å². The van der Waals surface area contributed by atoms with Crippen LogP contribution in [0.5, 0.6) is 0 Å². The minimum Gasteiger partial charge on any atom is -0.434 e. The summed E-state index contributed by atoms with van der Waals surface area (Å²) in [6.45, 7) is 4.24. The molecule has 0 aromatic heterocycles. The Balaban J connectivity index is 2.15. The zero-order chi connectivity index (χ0) is 11.4. The number of ether oxygens (including phenoxy) is 1. The molecule has 84 valence electrons. The predicted octanol–water partition coefficient (Wildman–Crippen LogP) is 1.82. The van der Waals surface area contributed by atoms with Crippen molar-refractivity contribution < 1.29 is 9.53 Å². The van der Waals surface area contributed by atoms with E-state index in [0.717, 1.165) is 13.0 Å². The second-order valence-electron chi connectivity index (χ2n) is 3.84. The molecule has 1 aromatic rings. The molecule has 1 heterocycles. The fourth-order valence-corrected chi connectivity index (χ4v) is 2.17. The molecule has 1 aliphatic heterocycles. The van der Waals surface area contributed by atoms with E-state index < -0.39 is 0 Å². The third-order valence-electron chi connectivity index (χ3n) is 2.90. The number of nitrogens with one attached hydrogen (secondary N) is 1. The lowest BCUT2D eigenvalue weighted by molar-refractivity contribution is -0.140. The molecule has 0 radical (unpaired) electrons. The Labute approximate surface area is 95.1 Å². The molecule has 16 heavy (non-hydrogen) atoms. The van der Waals surface area contributed by atoms with Crippen molar-refractivity contribution in [3.05, 3.63) is 48.7 Å². The smallest absolute Gasteiger partial charge is 0.328 e. The Morgan fingerprint density at radius 3 is 2.88 bits per heavy atom. The maximum atomic E-state index is 11.7. The van der Waals surface area contributed by atoms with E-state index in [9.17, 15) is 4.79 Å². The van der Waals surface area contributed by atoms with Crippen molar-refractivity contribution in [1.29, 1.82) is 0 Å². The highest BCUT2D eigenvalue weighted by molar-refractivity contribution is 5.78. The van der Waals surface area contributed by atoms with Gasteiger partial charge in [-0.25, -0.2) is 4.79 Å². The highest BCUT2D eigenvalue weighted by Crippen LogP contribution is 2.28. The van der Waals surface area contributed by atoms with Gasteiger partial charge in [-0.15, -0.1) is 0 Å². The zero-order valence-electron chi connectivity index (χ0n) is 9.06. The van der Waals surface area contributed by atoms with E-state index in [-0.39, 0.29) is 17.9 Å². The van der Waals surface area contributed by atoms with E-state index >= 15 is 0 Å². The van der Waals surface area contributed by atoms with Gasteiger partial charge in [-0.05, 0) is 18.5 Å². The summed E-state index contributed by atoms with van der Waals surface area (Å²) < 4.78 is 4.84. The number of carbonyl (C=O) groups excluding carboxylic acids is 1. The highest BCUT2D eigenvalue weighted by Gasteiger charge is 2.34. The molecular weight excluding hydrogens is 202 g/mol. The summed E-state index contributed by atoms with van der Waals surface area (Å²) in [5.41, 5.74) is 1.18. The standard InChI is InChI=1S/C13H15NO2/c1-2-16-13(15)12-11(8-9-14-12)10-6-4-3-5-7-10/h2-7,11-12,14H,1,8-9H2. The zero-order valence-corrected chi connectivity index (χ0v) is 9.06. The maximum Gasteiger partial charge on any atom is 0.328 e. The van der Waals surface area contributed by atoms with Crippen LogP contribution in [0, 0.1) is 0 Å². The molecule has 2 unspecified atom stereocenters. The van der Waals surface area contributed by atoms with Gasteiger partial charge in [-0.1, -0.05) is 36.9 Å². The number of hydrogen-bond donors (Lipinski definition) is 1. The Bertz CT molecular complexity index is 375. The summed E-state index contributed by atoms with van der Waals surface area (Å²) in [5, 5.41) is 3.17. The molecule has 0 aliphatic carbocycles. The van der Waals surface area contributed by atoms with Crippen LogP contribution < -0.4 is 5.32 Å². The molecular formula is C13H15NO2. The molecule has 0 saturated carbocycles. The average Bonchev–Trinajstić information content (AvgIpc) is 2.79. The van der Waals surface area contributed by atoms with Gasteiger partial charge in [0.05, 0.1) is 6.26 Å². The fraction of sp³-hybridized carbons (Fsp3) is 0.308. The third kappa shape index (κ3) is 2.14. The van der Waals surface area contributed by atoms with Crippen LogP contribution in [0.25, 0.3) is 0 Å². The molecule has 3 nitrogen and oxygen atoms in total. The number of esters is 1. The lowest BCUT2D eigenvalue weighted by Crippen LogP contribution is -2.35. The Morgan fingerprint density at radius 2 is 2.19 bits per heavy atom. The van der Waals surface area contributed by atoms with Gasteiger partial charge in [0.15, 0.2) is 0 Å². The van der Waals surface area contributed by atoms with E-state index in [4.69, 9.17) is 4.74 Å². The van der Waals surface area contributed by atoms with Gasteiger partial charge in [-0.3, -0.25) is 0 Å². The second kappa shape index (κ2) is 4.94. The van der Waals surface area contributed by atoms with Gasteiger partial charge >= 0.3 is 5.97 Å². The Kier molecular flexibility index (Phi) is 3.37. The van der Waals surface area contributed by atoms with Crippen LogP contribution in [0.3, 0.4) is 0 Å². The summed E-state index contributed by atoms with van der Waals surface area (Å²) in [6.07, 6.45) is 2.14. The van der Waals surface area contributed by atoms with Crippen LogP contribution in [0.2, 0.25) is 0 Å². The Morgan fingerprint density at radius 1 is 1.44 bits per heavy atom. The SMILES string of the molecule is C=COC(=O)C1NCCC1c1ccccc1. The summed E-state index contributed by atoms with van der Waals surface area (Å²) in [7, 11) is 0. The van der Waals surface area contributed by atoms with Crippen molar-refractivity contribution in [2.24, 2.45) is 0 Å². The summed E-state index contributed by atoms with van der Waals surface area (Å²) in [4.78, 5) is 11.7. The first-order chi connectivity index (χ1) is 7.83. The molecule has 2 rings (SSSR count). The number of benzene rings is 1. The minimum absolute atomic E-state index is 0.202. The van der Waals surface area contributed by atoms with Crippen LogP contribution in [-0.4, -0.2) is 18.6 Å². The fourth-order valence-electron chi connectivity index (χ4n) is 2.17. The first-order valence-corrected chi connectivity index (χ1v) is 5.42. The molecule has 1 saturated heterocycles. The first kappa shape index (κ1) is 10.9. The van der Waals surface area contributed by atoms with Crippen molar-refractivity contribution in [3.8, 4) is 0 Å². The third-order valence-corrected chi connectivity index (χ3v) is 2.90. The van der Waals surface area contributed by atoms with E-state index in [2.05, 4.69) is 11.9 Å². The number of carbonyl (C=O) groups is 1. The van der Waals surface area contributed by atoms with Gasteiger partial charge in [0.2, 0.25) is 0 Å². The van der Waals surface area contributed by atoms with Crippen molar-refractivity contribution >= 4 is 5.97 Å². The molecule has 1 aliphatic rings. The van der Waals surface area contributed by atoms with Gasteiger partial charge in [-0.2, -0.15) is 0 Å². The van der Waals surface area contributed by atoms with E-state index in [0.29, 0.717) is 0 Å². The van der Waals surface area contributed by atoms with Gasteiger partial charge in [0.25, 0.3) is 0 Å². The van der Waals surface area contributed by atoms with Gasteiger partial charge in [0, 0.05) is 5.92 Å². The molecule has 0 amide bonds. The first-order valence-electron chi connectivity index (χ1n) is 5.42. The molecule has 1 fully saturated rings. The maximum absolute atomic E-state index is 11.7. The topological polar surface area (TPSA) is 38.3 Å². The molecule has 1 N–H and O–H groups in total. The van der Waals surface area contributed by atoms with Crippen LogP contribution in [0.15, 0.2) is 43.2 Å². The van der Waals surface area contributed by atoms with Gasteiger partial charge in [0.1, 0.15) is 6.04 Å². The lowest BCUT2D eigenvalue weighted by atomic mass is 9.92.